The molecule has 8 heteroatoms. The van der Waals surface area contributed by atoms with Crippen LogP contribution in [0.15, 0.2) is 41.6 Å². The minimum Gasteiger partial charge on any atom is -0.493 e. The molecule has 4 rings (SSSR count). The molecule has 2 aromatic carbocycles. The standard InChI is InChI=1S/C23H25NO7/c1-27-17-6-5-13(9-18(17)28-2)21-14-10-19(29-3)20(30-4)11-15(14)24(7-8-25)16-12-31-23(26)22(16)21/h5-6,9-11,21,25H,7-8,12H2,1-4H3. The third-order valence-electron chi connectivity index (χ3n) is 5.68. The van der Waals surface area contributed by atoms with Crippen molar-refractivity contribution < 1.29 is 33.6 Å². The molecule has 2 aliphatic heterocycles. The van der Waals surface area contributed by atoms with Crippen LogP contribution >= 0.6 is 0 Å². The van der Waals surface area contributed by atoms with Crippen molar-refractivity contribution in [1.82, 2.24) is 0 Å². The number of rotatable bonds is 7. The number of esters is 1. The minimum absolute atomic E-state index is 0.0836. The highest BCUT2D eigenvalue weighted by atomic mass is 16.5. The number of aliphatic hydroxyl groups is 1. The van der Waals surface area contributed by atoms with Crippen LogP contribution in [0.5, 0.6) is 23.0 Å². The number of methoxy groups -OCH3 is 4. The highest BCUT2D eigenvalue weighted by Crippen LogP contribution is 2.51. The minimum atomic E-state index is -0.408. The van der Waals surface area contributed by atoms with Gasteiger partial charge in [0.05, 0.1) is 46.3 Å². The average Bonchev–Trinajstić information content (AvgIpc) is 3.18. The Bertz CT molecular complexity index is 1050. The first kappa shape index (κ1) is 20.9. The number of cyclic esters (lactones) is 1. The maximum Gasteiger partial charge on any atom is 0.337 e. The van der Waals surface area contributed by atoms with Gasteiger partial charge in [-0.1, -0.05) is 6.07 Å². The van der Waals surface area contributed by atoms with E-state index in [-0.39, 0.29) is 19.2 Å². The lowest BCUT2D eigenvalue weighted by molar-refractivity contribution is -0.136. The summed E-state index contributed by atoms with van der Waals surface area (Å²) in [6.45, 7) is 0.377. The van der Waals surface area contributed by atoms with Crippen LogP contribution in [0.4, 0.5) is 5.69 Å². The summed E-state index contributed by atoms with van der Waals surface area (Å²) < 4.78 is 27.3. The number of nitrogens with zero attached hydrogens (tertiary/aromatic N) is 1. The zero-order valence-electron chi connectivity index (χ0n) is 17.9. The number of β-amino-alcohol motifs (C(OH)–C–C–N with tert-alkyl or cyclic N) is 1. The first-order valence-corrected chi connectivity index (χ1v) is 9.84. The largest absolute Gasteiger partial charge is 0.493 e. The number of anilines is 1. The molecule has 0 fully saturated rings. The van der Waals surface area contributed by atoms with Crippen molar-refractivity contribution >= 4 is 11.7 Å². The van der Waals surface area contributed by atoms with E-state index in [1.54, 1.807) is 28.4 Å². The average molecular weight is 427 g/mol. The van der Waals surface area contributed by atoms with Crippen LogP contribution in [0.2, 0.25) is 0 Å². The Labute approximate surface area is 180 Å². The van der Waals surface area contributed by atoms with Gasteiger partial charge in [-0.2, -0.15) is 0 Å². The molecular formula is C23H25NO7. The third kappa shape index (κ3) is 3.33. The Morgan fingerprint density at radius 2 is 1.61 bits per heavy atom. The lowest BCUT2D eigenvalue weighted by Gasteiger charge is -2.36. The van der Waals surface area contributed by atoms with Gasteiger partial charge in [0.2, 0.25) is 0 Å². The zero-order chi connectivity index (χ0) is 22.1. The predicted molar refractivity (Wildman–Crippen MR) is 113 cm³/mol. The quantitative estimate of drug-likeness (QED) is 0.675. The molecule has 2 heterocycles. The molecule has 8 nitrogen and oxygen atoms in total. The van der Waals surface area contributed by atoms with Crippen LogP contribution in [-0.2, 0) is 9.53 Å². The Hall–Kier alpha value is -3.39. The predicted octanol–water partition coefficient (Wildman–Crippen LogP) is 2.48. The van der Waals surface area contributed by atoms with Gasteiger partial charge in [0.1, 0.15) is 6.61 Å². The van der Waals surface area contributed by atoms with Crippen LogP contribution in [0.1, 0.15) is 17.0 Å². The molecule has 0 spiro atoms. The number of aliphatic hydroxyl groups excluding tert-OH is 1. The molecule has 0 saturated carbocycles. The third-order valence-corrected chi connectivity index (χ3v) is 5.68. The highest BCUT2D eigenvalue weighted by Gasteiger charge is 2.42. The van der Waals surface area contributed by atoms with Gasteiger partial charge in [0, 0.05) is 24.2 Å². The first-order chi connectivity index (χ1) is 15.1. The number of ether oxygens (including phenoxy) is 5. The molecule has 0 amide bonds. The monoisotopic (exact) mass is 427 g/mol. The summed E-state index contributed by atoms with van der Waals surface area (Å²) in [6, 6.07) is 9.32. The maximum atomic E-state index is 12.8. The number of carbonyl (C=O) groups is 1. The van der Waals surface area contributed by atoms with Gasteiger partial charge in [-0.05, 0) is 29.3 Å². The molecule has 164 valence electrons. The summed E-state index contributed by atoms with van der Waals surface area (Å²) >= 11 is 0. The van der Waals surface area contributed by atoms with Crippen molar-refractivity contribution in [3.8, 4) is 23.0 Å². The van der Waals surface area contributed by atoms with E-state index in [4.69, 9.17) is 23.7 Å². The second-order valence-electron chi connectivity index (χ2n) is 7.13. The Morgan fingerprint density at radius 1 is 0.968 bits per heavy atom. The zero-order valence-corrected chi connectivity index (χ0v) is 17.9. The SMILES string of the molecule is COc1ccc(C2C3=C(COC3=O)N(CCO)c3cc(OC)c(OC)cc32)cc1OC. The van der Waals surface area contributed by atoms with Crippen LogP contribution < -0.4 is 23.8 Å². The number of carbonyl (C=O) groups excluding carboxylic acids is 1. The number of benzene rings is 2. The molecule has 1 N–H and O–H groups in total. The van der Waals surface area contributed by atoms with E-state index in [1.807, 2.05) is 35.2 Å². The molecular weight excluding hydrogens is 402 g/mol. The summed E-state index contributed by atoms with van der Waals surface area (Å²) in [7, 11) is 6.29. The lowest BCUT2D eigenvalue weighted by Crippen LogP contribution is -2.33. The molecule has 0 radical (unpaired) electrons. The van der Waals surface area contributed by atoms with E-state index in [2.05, 4.69) is 0 Å². The van der Waals surface area contributed by atoms with Crippen LogP contribution in [0.25, 0.3) is 0 Å². The molecule has 0 aromatic heterocycles. The van der Waals surface area contributed by atoms with E-state index in [0.29, 0.717) is 35.1 Å². The Morgan fingerprint density at radius 3 is 2.26 bits per heavy atom. The molecule has 1 unspecified atom stereocenters. The smallest absolute Gasteiger partial charge is 0.337 e. The summed E-state index contributed by atoms with van der Waals surface area (Å²) in [5.74, 6) is 1.48. The number of hydrogen-bond acceptors (Lipinski definition) is 8. The van der Waals surface area contributed by atoms with E-state index < -0.39 is 5.92 Å². The highest BCUT2D eigenvalue weighted by molar-refractivity contribution is 5.98. The molecule has 0 aliphatic carbocycles. The summed E-state index contributed by atoms with van der Waals surface area (Å²) in [4.78, 5) is 14.7. The molecule has 31 heavy (non-hydrogen) atoms. The summed E-state index contributed by atoms with van der Waals surface area (Å²) in [5, 5.41) is 9.69. The molecule has 0 bridgehead atoms. The van der Waals surface area contributed by atoms with Gasteiger partial charge < -0.3 is 33.7 Å². The molecule has 0 saturated heterocycles. The second-order valence-corrected chi connectivity index (χ2v) is 7.13. The molecule has 1 atom stereocenters. The van der Waals surface area contributed by atoms with Crippen LogP contribution in [-0.4, -0.2) is 59.3 Å². The van der Waals surface area contributed by atoms with Crippen molar-refractivity contribution in [3.63, 3.8) is 0 Å². The van der Waals surface area contributed by atoms with Crippen molar-refractivity contribution in [2.75, 3.05) is 53.1 Å². The van der Waals surface area contributed by atoms with Gasteiger partial charge >= 0.3 is 5.97 Å². The van der Waals surface area contributed by atoms with E-state index in [1.165, 1.54) is 0 Å². The van der Waals surface area contributed by atoms with Gasteiger partial charge in [0.15, 0.2) is 23.0 Å². The van der Waals surface area contributed by atoms with Crippen LogP contribution in [0.3, 0.4) is 0 Å². The Kier molecular flexibility index (Phi) is 5.65. The van der Waals surface area contributed by atoms with Crippen molar-refractivity contribution in [3.05, 3.63) is 52.7 Å². The van der Waals surface area contributed by atoms with Gasteiger partial charge in [0.25, 0.3) is 0 Å². The van der Waals surface area contributed by atoms with E-state index >= 15 is 0 Å². The van der Waals surface area contributed by atoms with Crippen molar-refractivity contribution in [2.45, 2.75) is 5.92 Å². The van der Waals surface area contributed by atoms with Crippen molar-refractivity contribution in [1.29, 1.82) is 0 Å². The summed E-state index contributed by atoms with van der Waals surface area (Å²) in [6.07, 6.45) is 0. The Balaban J connectivity index is 1.99. The fraction of sp³-hybridized carbons (Fsp3) is 0.348. The van der Waals surface area contributed by atoms with Gasteiger partial charge in [-0.15, -0.1) is 0 Å². The van der Waals surface area contributed by atoms with Gasteiger partial charge in [-0.3, -0.25) is 0 Å². The fourth-order valence-electron chi connectivity index (χ4n) is 4.30. The normalized spacial score (nSPS) is 17.1. The number of fused-ring (bicyclic) bond motifs is 1. The molecule has 2 aliphatic rings. The lowest BCUT2D eigenvalue weighted by atomic mass is 9.80. The summed E-state index contributed by atoms with van der Waals surface area (Å²) in [5.41, 5.74) is 3.79. The number of hydrogen-bond donors (Lipinski definition) is 1. The topological polar surface area (TPSA) is 86.7 Å². The fourth-order valence-corrected chi connectivity index (χ4v) is 4.30. The maximum absolute atomic E-state index is 12.8. The van der Waals surface area contributed by atoms with Crippen molar-refractivity contribution in [2.24, 2.45) is 0 Å². The van der Waals surface area contributed by atoms with Gasteiger partial charge in [-0.25, -0.2) is 4.79 Å². The van der Waals surface area contributed by atoms with Crippen LogP contribution in [0, 0.1) is 0 Å². The second kappa shape index (κ2) is 8.39. The first-order valence-electron chi connectivity index (χ1n) is 9.84. The molecule has 2 aromatic rings. The van der Waals surface area contributed by atoms with E-state index in [9.17, 15) is 9.90 Å². The van der Waals surface area contributed by atoms with E-state index in [0.717, 1.165) is 22.5 Å².